The summed E-state index contributed by atoms with van der Waals surface area (Å²) < 4.78 is 5.17. The first-order valence-electron chi connectivity index (χ1n) is 5.16. The first-order chi connectivity index (χ1) is 7.88. The Hall–Kier alpha value is -1.26. The van der Waals surface area contributed by atoms with Crippen molar-refractivity contribution in [2.45, 2.75) is 25.9 Å². The molecule has 1 aromatic rings. The van der Waals surface area contributed by atoms with E-state index in [0.717, 1.165) is 5.56 Å². The van der Waals surface area contributed by atoms with Gasteiger partial charge < -0.3 is 14.9 Å². The van der Waals surface area contributed by atoms with Crippen LogP contribution in [0.5, 0.6) is 5.75 Å². The number of hydrogen-bond donors (Lipinski definition) is 2. The SMILES string of the molecule is COc1cc(C(O)C(=O)O)cc(Cl)c1C(C)C. The number of carboxylic acid groups (broad SMARTS) is 1. The summed E-state index contributed by atoms with van der Waals surface area (Å²) in [6.45, 7) is 3.91. The maximum Gasteiger partial charge on any atom is 0.337 e. The number of ether oxygens (including phenoxy) is 1. The summed E-state index contributed by atoms with van der Waals surface area (Å²) in [5.74, 6) is -0.684. The zero-order chi connectivity index (χ0) is 13.2. The van der Waals surface area contributed by atoms with E-state index in [1.165, 1.54) is 19.2 Å². The molecule has 0 aliphatic carbocycles. The van der Waals surface area contributed by atoms with Gasteiger partial charge in [-0.1, -0.05) is 25.4 Å². The lowest BCUT2D eigenvalue weighted by atomic mass is 9.98. The van der Waals surface area contributed by atoms with Gasteiger partial charge in [-0.15, -0.1) is 0 Å². The number of methoxy groups -OCH3 is 1. The molecule has 2 N–H and O–H groups in total. The fourth-order valence-electron chi connectivity index (χ4n) is 1.64. The van der Waals surface area contributed by atoms with Crippen LogP contribution in [0.2, 0.25) is 5.02 Å². The molecule has 94 valence electrons. The Balaban J connectivity index is 3.31. The van der Waals surface area contributed by atoms with Gasteiger partial charge in [0.15, 0.2) is 6.10 Å². The van der Waals surface area contributed by atoms with Crippen molar-refractivity contribution in [3.63, 3.8) is 0 Å². The van der Waals surface area contributed by atoms with Crippen LogP contribution in [0.3, 0.4) is 0 Å². The van der Waals surface area contributed by atoms with Gasteiger partial charge in [-0.2, -0.15) is 0 Å². The molecule has 0 saturated carbocycles. The van der Waals surface area contributed by atoms with E-state index < -0.39 is 12.1 Å². The van der Waals surface area contributed by atoms with Gasteiger partial charge in [-0.3, -0.25) is 0 Å². The number of halogens is 1. The molecule has 0 bridgehead atoms. The van der Waals surface area contributed by atoms with Crippen LogP contribution >= 0.6 is 11.6 Å². The standard InChI is InChI=1S/C12H15ClO4/c1-6(2)10-8(13)4-7(5-9(10)17-3)11(14)12(15)16/h4-6,11,14H,1-3H3,(H,15,16). The first kappa shape index (κ1) is 13.8. The third-order valence-corrected chi connectivity index (χ3v) is 2.77. The number of carbonyl (C=O) groups is 1. The second-order valence-electron chi connectivity index (χ2n) is 4.01. The number of aliphatic hydroxyl groups is 1. The Bertz CT molecular complexity index is 429. The van der Waals surface area contributed by atoms with Gasteiger partial charge in [0, 0.05) is 10.6 Å². The van der Waals surface area contributed by atoms with Crippen LogP contribution in [0.1, 0.15) is 37.0 Å². The number of hydrogen-bond acceptors (Lipinski definition) is 3. The largest absolute Gasteiger partial charge is 0.496 e. The zero-order valence-electron chi connectivity index (χ0n) is 9.90. The quantitative estimate of drug-likeness (QED) is 0.871. The molecule has 0 aromatic heterocycles. The van der Waals surface area contributed by atoms with Gasteiger partial charge in [0.2, 0.25) is 0 Å². The van der Waals surface area contributed by atoms with Crippen molar-refractivity contribution in [3.05, 3.63) is 28.3 Å². The zero-order valence-corrected chi connectivity index (χ0v) is 10.7. The number of carboxylic acids is 1. The van der Waals surface area contributed by atoms with Crippen molar-refractivity contribution < 1.29 is 19.7 Å². The molecule has 17 heavy (non-hydrogen) atoms. The van der Waals surface area contributed by atoms with Crippen LogP contribution in [-0.4, -0.2) is 23.3 Å². The summed E-state index contributed by atoms with van der Waals surface area (Å²) in [5.41, 5.74) is 1.01. The predicted octanol–water partition coefficient (Wildman–Crippen LogP) is 2.59. The molecule has 0 spiro atoms. The molecule has 0 aliphatic rings. The van der Waals surface area contributed by atoms with Gasteiger partial charge in [0.1, 0.15) is 5.75 Å². The number of benzene rings is 1. The Labute approximate surface area is 105 Å². The Morgan fingerprint density at radius 3 is 2.41 bits per heavy atom. The predicted molar refractivity (Wildman–Crippen MR) is 64.7 cm³/mol. The van der Waals surface area contributed by atoms with E-state index in [0.29, 0.717) is 10.8 Å². The van der Waals surface area contributed by atoms with E-state index in [9.17, 15) is 9.90 Å². The molecule has 0 amide bonds. The highest BCUT2D eigenvalue weighted by Crippen LogP contribution is 2.36. The van der Waals surface area contributed by atoms with E-state index in [4.69, 9.17) is 21.4 Å². The molecule has 4 nitrogen and oxygen atoms in total. The molecule has 1 atom stereocenters. The Kier molecular flexibility index (Phi) is 4.37. The van der Waals surface area contributed by atoms with E-state index in [-0.39, 0.29) is 11.5 Å². The van der Waals surface area contributed by atoms with Crippen molar-refractivity contribution in [1.82, 2.24) is 0 Å². The molecule has 0 aliphatic heterocycles. The van der Waals surface area contributed by atoms with Crippen LogP contribution in [0.15, 0.2) is 12.1 Å². The highest BCUT2D eigenvalue weighted by Gasteiger charge is 2.21. The van der Waals surface area contributed by atoms with Crippen molar-refractivity contribution >= 4 is 17.6 Å². The average molecular weight is 259 g/mol. The summed E-state index contributed by atoms with van der Waals surface area (Å²) in [4.78, 5) is 10.7. The van der Waals surface area contributed by atoms with Crippen LogP contribution in [0.4, 0.5) is 0 Å². The number of rotatable bonds is 4. The minimum atomic E-state index is -1.59. The monoisotopic (exact) mass is 258 g/mol. The van der Waals surface area contributed by atoms with Gasteiger partial charge in [0.05, 0.1) is 7.11 Å². The fraction of sp³-hybridized carbons (Fsp3) is 0.417. The maximum absolute atomic E-state index is 10.7. The second-order valence-corrected chi connectivity index (χ2v) is 4.42. The molecule has 5 heteroatoms. The third-order valence-electron chi connectivity index (χ3n) is 2.46. The fourth-order valence-corrected chi connectivity index (χ4v) is 2.08. The highest BCUT2D eigenvalue weighted by atomic mass is 35.5. The summed E-state index contributed by atoms with van der Waals surface area (Å²) >= 11 is 6.07. The van der Waals surface area contributed by atoms with Crippen molar-refractivity contribution in [2.24, 2.45) is 0 Å². The molecule has 1 rings (SSSR count). The van der Waals surface area contributed by atoms with Gasteiger partial charge in [0.25, 0.3) is 0 Å². The van der Waals surface area contributed by atoms with Crippen LogP contribution in [-0.2, 0) is 4.79 Å². The molecule has 1 unspecified atom stereocenters. The van der Waals surface area contributed by atoms with Crippen molar-refractivity contribution in [1.29, 1.82) is 0 Å². The highest BCUT2D eigenvalue weighted by molar-refractivity contribution is 6.31. The lowest BCUT2D eigenvalue weighted by Crippen LogP contribution is -2.11. The van der Waals surface area contributed by atoms with Gasteiger partial charge in [-0.05, 0) is 23.6 Å². The van der Waals surface area contributed by atoms with Gasteiger partial charge in [-0.25, -0.2) is 4.79 Å². The number of aliphatic hydroxyl groups excluding tert-OH is 1. The average Bonchev–Trinajstić information content (AvgIpc) is 2.25. The molecular formula is C12H15ClO4. The van der Waals surface area contributed by atoms with Crippen LogP contribution < -0.4 is 4.74 Å². The minimum Gasteiger partial charge on any atom is -0.496 e. The van der Waals surface area contributed by atoms with Crippen LogP contribution in [0.25, 0.3) is 0 Å². The molecule has 0 fully saturated rings. The molecule has 0 saturated heterocycles. The minimum absolute atomic E-state index is 0.147. The lowest BCUT2D eigenvalue weighted by molar-refractivity contribution is -0.146. The maximum atomic E-state index is 10.7. The Morgan fingerprint density at radius 2 is 2.00 bits per heavy atom. The molecule has 0 radical (unpaired) electrons. The normalized spacial score (nSPS) is 12.6. The smallest absolute Gasteiger partial charge is 0.337 e. The summed E-state index contributed by atoms with van der Waals surface area (Å²) in [6, 6.07) is 2.96. The Morgan fingerprint density at radius 1 is 1.41 bits per heavy atom. The van der Waals surface area contributed by atoms with Crippen LogP contribution in [0, 0.1) is 0 Å². The molecule has 1 aromatic carbocycles. The third kappa shape index (κ3) is 2.90. The van der Waals surface area contributed by atoms with E-state index >= 15 is 0 Å². The topological polar surface area (TPSA) is 66.8 Å². The second kappa shape index (κ2) is 5.38. The summed E-state index contributed by atoms with van der Waals surface area (Å²) in [5, 5.41) is 18.6. The summed E-state index contributed by atoms with van der Waals surface area (Å²) in [7, 11) is 1.48. The summed E-state index contributed by atoms with van der Waals surface area (Å²) in [6.07, 6.45) is -1.59. The molecule has 0 heterocycles. The van der Waals surface area contributed by atoms with E-state index in [1.807, 2.05) is 13.8 Å². The lowest BCUT2D eigenvalue weighted by Gasteiger charge is -2.16. The van der Waals surface area contributed by atoms with Crippen molar-refractivity contribution in [3.8, 4) is 5.75 Å². The van der Waals surface area contributed by atoms with Crippen molar-refractivity contribution in [2.75, 3.05) is 7.11 Å². The van der Waals surface area contributed by atoms with E-state index in [2.05, 4.69) is 0 Å². The molecular weight excluding hydrogens is 244 g/mol. The first-order valence-corrected chi connectivity index (χ1v) is 5.54. The number of aliphatic carboxylic acids is 1. The van der Waals surface area contributed by atoms with Gasteiger partial charge >= 0.3 is 5.97 Å². The van der Waals surface area contributed by atoms with E-state index in [1.54, 1.807) is 0 Å².